The Morgan fingerprint density at radius 3 is 2.52 bits per heavy atom. The number of halogens is 1. The summed E-state index contributed by atoms with van der Waals surface area (Å²) in [5.74, 6) is -0.782. The molecule has 31 heavy (non-hydrogen) atoms. The highest BCUT2D eigenvalue weighted by Crippen LogP contribution is 2.21. The second-order valence-electron chi connectivity index (χ2n) is 7.83. The molecule has 1 aliphatic rings. The molecular formula is C23H29FN2O4S. The number of anilines is 1. The minimum atomic E-state index is -3.91. The highest BCUT2D eigenvalue weighted by Gasteiger charge is 2.18. The van der Waals surface area contributed by atoms with Crippen LogP contribution in [0.15, 0.2) is 47.4 Å². The highest BCUT2D eigenvalue weighted by molar-refractivity contribution is 7.92. The molecule has 1 aliphatic carbocycles. The number of amides is 1. The highest BCUT2D eigenvalue weighted by atomic mass is 32.2. The number of hydrogen-bond donors (Lipinski definition) is 2. The molecule has 2 N–H and O–H groups in total. The van der Waals surface area contributed by atoms with E-state index in [0.29, 0.717) is 36.8 Å². The summed E-state index contributed by atoms with van der Waals surface area (Å²) in [5, 5.41) is 2.84. The normalized spacial score (nSPS) is 14.9. The summed E-state index contributed by atoms with van der Waals surface area (Å²) < 4.78 is 46.6. The summed E-state index contributed by atoms with van der Waals surface area (Å²) in [6.07, 6.45) is 6.97. The van der Waals surface area contributed by atoms with Crippen LogP contribution in [0.1, 0.15) is 54.4 Å². The van der Waals surface area contributed by atoms with Gasteiger partial charge in [-0.1, -0.05) is 25.3 Å². The predicted molar refractivity (Wildman–Crippen MR) is 118 cm³/mol. The number of nitrogens with one attached hydrogen (secondary N) is 2. The number of sulfonamides is 1. The number of aryl methyl sites for hydroxylation is 1. The van der Waals surface area contributed by atoms with Gasteiger partial charge in [0.1, 0.15) is 5.82 Å². The van der Waals surface area contributed by atoms with Crippen LogP contribution in [0.3, 0.4) is 0 Å². The van der Waals surface area contributed by atoms with E-state index >= 15 is 0 Å². The van der Waals surface area contributed by atoms with Crippen molar-refractivity contribution in [3.8, 4) is 0 Å². The lowest BCUT2D eigenvalue weighted by Crippen LogP contribution is -2.27. The molecule has 2 aromatic rings. The maximum absolute atomic E-state index is 13.0. The van der Waals surface area contributed by atoms with Crippen LogP contribution in [0.25, 0.3) is 0 Å². The van der Waals surface area contributed by atoms with Gasteiger partial charge in [0.05, 0.1) is 11.0 Å². The van der Waals surface area contributed by atoms with Gasteiger partial charge in [0.2, 0.25) is 0 Å². The molecule has 3 rings (SSSR count). The van der Waals surface area contributed by atoms with Gasteiger partial charge < -0.3 is 10.1 Å². The van der Waals surface area contributed by atoms with Gasteiger partial charge in [-0.25, -0.2) is 12.8 Å². The fourth-order valence-electron chi connectivity index (χ4n) is 3.60. The minimum Gasteiger partial charge on any atom is -0.378 e. The predicted octanol–water partition coefficient (Wildman–Crippen LogP) is 4.40. The zero-order valence-electron chi connectivity index (χ0n) is 17.7. The monoisotopic (exact) mass is 448 g/mol. The van der Waals surface area contributed by atoms with E-state index in [4.69, 9.17) is 4.74 Å². The molecule has 0 saturated heterocycles. The average Bonchev–Trinajstić information content (AvgIpc) is 2.75. The Balaban J connectivity index is 1.56. The van der Waals surface area contributed by atoms with Crippen molar-refractivity contribution in [3.05, 3.63) is 59.4 Å². The molecule has 1 saturated carbocycles. The molecule has 0 aliphatic heterocycles. The number of rotatable bonds is 9. The van der Waals surface area contributed by atoms with Crippen LogP contribution in [-0.4, -0.2) is 33.6 Å². The first-order valence-electron chi connectivity index (χ1n) is 10.6. The molecule has 0 radical (unpaired) electrons. The van der Waals surface area contributed by atoms with Crippen LogP contribution in [0, 0.1) is 12.7 Å². The van der Waals surface area contributed by atoms with E-state index in [2.05, 4.69) is 10.0 Å². The fourth-order valence-corrected chi connectivity index (χ4v) is 4.68. The summed E-state index contributed by atoms with van der Waals surface area (Å²) in [6.45, 7) is 2.81. The lowest BCUT2D eigenvalue weighted by molar-refractivity contribution is 0.0273. The molecule has 1 fully saturated rings. The van der Waals surface area contributed by atoms with Gasteiger partial charge in [-0.3, -0.25) is 9.52 Å². The summed E-state index contributed by atoms with van der Waals surface area (Å²) in [5.41, 5.74) is 1.22. The van der Waals surface area contributed by atoms with Crippen LogP contribution in [0.5, 0.6) is 0 Å². The summed E-state index contributed by atoms with van der Waals surface area (Å²) >= 11 is 0. The molecule has 0 atom stereocenters. The summed E-state index contributed by atoms with van der Waals surface area (Å²) in [7, 11) is -3.91. The van der Waals surface area contributed by atoms with Crippen LogP contribution in [-0.2, 0) is 14.8 Å². The standard InChI is InChI=1S/C23H29FN2O4S/c1-17-8-13-21(31(28,29)26-19-11-9-18(24)10-12-19)16-22(17)23(27)25-14-5-15-30-20-6-3-2-4-7-20/h8-13,16,20,26H,2-7,14-15H2,1H3,(H,25,27). The zero-order chi connectivity index (χ0) is 22.3. The molecule has 8 heteroatoms. The van der Waals surface area contributed by atoms with E-state index in [1.807, 2.05) is 0 Å². The lowest BCUT2D eigenvalue weighted by atomic mass is 9.98. The number of carbonyl (C=O) groups excluding carboxylic acids is 1. The molecule has 0 heterocycles. The first kappa shape index (κ1) is 23.2. The molecular weight excluding hydrogens is 419 g/mol. The quantitative estimate of drug-likeness (QED) is 0.557. The molecule has 0 spiro atoms. The van der Waals surface area contributed by atoms with E-state index in [0.717, 1.165) is 12.8 Å². The Hall–Kier alpha value is -2.45. The maximum atomic E-state index is 13.0. The Morgan fingerprint density at radius 2 is 1.81 bits per heavy atom. The van der Waals surface area contributed by atoms with Crippen molar-refractivity contribution in [1.29, 1.82) is 0 Å². The van der Waals surface area contributed by atoms with Crippen LogP contribution < -0.4 is 10.0 Å². The largest absolute Gasteiger partial charge is 0.378 e. The Morgan fingerprint density at radius 1 is 1.10 bits per heavy atom. The van der Waals surface area contributed by atoms with Crippen molar-refractivity contribution < 1.29 is 22.3 Å². The molecule has 168 valence electrons. The first-order valence-corrected chi connectivity index (χ1v) is 12.1. The SMILES string of the molecule is Cc1ccc(S(=O)(=O)Nc2ccc(F)cc2)cc1C(=O)NCCCOC1CCCCC1. The number of benzene rings is 2. The number of ether oxygens (including phenoxy) is 1. The van der Waals surface area contributed by atoms with Crippen molar-refractivity contribution in [1.82, 2.24) is 5.32 Å². The number of hydrogen-bond acceptors (Lipinski definition) is 4. The van der Waals surface area contributed by atoms with Crippen molar-refractivity contribution in [2.75, 3.05) is 17.9 Å². The van der Waals surface area contributed by atoms with E-state index in [1.165, 1.54) is 55.7 Å². The number of carbonyl (C=O) groups is 1. The second kappa shape index (κ2) is 10.7. The zero-order valence-corrected chi connectivity index (χ0v) is 18.5. The van der Waals surface area contributed by atoms with E-state index in [1.54, 1.807) is 13.0 Å². The third kappa shape index (κ3) is 6.77. The van der Waals surface area contributed by atoms with Crippen LogP contribution in [0.4, 0.5) is 10.1 Å². The molecule has 0 unspecified atom stereocenters. The van der Waals surface area contributed by atoms with E-state index in [-0.39, 0.29) is 16.5 Å². The van der Waals surface area contributed by atoms with E-state index < -0.39 is 15.8 Å². The first-order chi connectivity index (χ1) is 14.8. The van der Waals surface area contributed by atoms with Gasteiger partial charge in [0.15, 0.2) is 0 Å². The summed E-state index contributed by atoms with van der Waals surface area (Å²) in [4.78, 5) is 12.6. The molecule has 0 aromatic heterocycles. The third-order valence-corrected chi connectivity index (χ3v) is 6.75. The Bertz CT molecular complexity index is 987. The van der Waals surface area contributed by atoms with Gasteiger partial charge in [-0.15, -0.1) is 0 Å². The molecule has 6 nitrogen and oxygen atoms in total. The van der Waals surface area contributed by atoms with Gasteiger partial charge >= 0.3 is 0 Å². The van der Waals surface area contributed by atoms with Gasteiger partial charge in [-0.05, 0) is 68.1 Å². The second-order valence-corrected chi connectivity index (χ2v) is 9.51. The van der Waals surface area contributed by atoms with Crippen molar-refractivity contribution in [3.63, 3.8) is 0 Å². The van der Waals surface area contributed by atoms with Gasteiger partial charge in [-0.2, -0.15) is 0 Å². The van der Waals surface area contributed by atoms with Crippen molar-refractivity contribution in [2.24, 2.45) is 0 Å². The lowest BCUT2D eigenvalue weighted by Gasteiger charge is -2.21. The third-order valence-electron chi connectivity index (χ3n) is 5.37. The Kier molecular flexibility index (Phi) is 8.03. The van der Waals surface area contributed by atoms with Crippen molar-refractivity contribution in [2.45, 2.75) is 56.4 Å². The molecule has 2 aromatic carbocycles. The van der Waals surface area contributed by atoms with Crippen LogP contribution in [0.2, 0.25) is 0 Å². The van der Waals surface area contributed by atoms with Gasteiger partial charge in [0, 0.05) is 24.4 Å². The van der Waals surface area contributed by atoms with Crippen LogP contribution >= 0.6 is 0 Å². The molecule has 1 amide bonds. The van der Waals surface area contributed by atoms with Gasteiger partial charge in [0.25, 0.3) is 15.9 Å². The molecule has 0 bridgehead atoms. The topological polar surface area (TPSA) is 84.5 Å². The minimum absolute atomic E-state index is 0.0341. The summed E-state index contributed by atoms with van der Waals surface area (Å²) in [6, 6.07) is 9.41. The smallest absolute Gasteiger partial charge is 0.261 e. The maximum Gasteiger partial charge on any atom is 0.261 e. The fraction of sp³-hybridized carbons (Fsp3) is 0.435. The average molecular weight is 449 g/mol. The van der Waals surface area contributed by atoms with Crippen molar-refractivity contribution >= 4 is 21.6 Å². The van der Waals surface area contributed by atoms with E-state index in [9.17, 15) is 17.6 Å². The Labute approximate surface area is 183 Å².